The number of nitrogens with one attached hydrogen (secondary N) is 1. The van der Waals surface area contributed by atoms with Crippen molar-refractivity contribution in [2.45, 2.75) is 25.2 Å². The third-order valence-corrected chi connectivity index (χ3v) is 4.08. The van der Waals surface area contributed by atoms with Gasteiger partial charge in [0.2, 0.25) is 0 Å². The van der Waals surface area contributed by atoms with Crippen LogP contribution in [-0.4, -0.2) is 22.5 Å². The number of imidazole rings is 1. The molecule has 1 aliphatic rings. The van der Waals surface area contributed by atoms with Gasteiger partial charge in [-0.15, -0.1) is 0 Å². The van der Waals surface area contributed by atoms with E-state index in [-0.39, 0.29) is 0 Å². The zero-order chi connectivity index (χ0) is 12.5. The first kappa shape index (κ1) is 12.3. The van der Waals surface area contributed by atoms with Crippen LogP contribution < -0.4 is 5.32 Å². The Morgan fingerprint density at radius 1 is 1.28 bits per heavy atom. The molecule has 1 unspecified atom stereocenters. The molecule has 1 saturated heterocycles. The van der Waals surface area contributed by atoms with Crippen LogP contribution in [0.15, 0.2) is 18.2 Å². The summed E-state index contributed by atoms with van der Waals surface area (Å²) in [4.78, 5) is 4.52. The van der Waals surface area contributed by atoms with E-state index in [4.69, 9.17) is 23.2 Å². The van der Waals surface area contributed by atoms with Crippen LogP contribution in [0.4, 0.5) is 0 Å². The molecule has 5 heteroatoms. The fourth-order valence-electron chi connectivity index (χ4n) is 2.60. The summed E-state index contributed by atoms with van der Waals surface area (Å²) in [5.74, 6) is 1.36. The fraction of sp³-hybridized carbons (Fsp3) is 0.462. The monoisotopic (exact) mass is 283 g/mol. The molecule has 2 aromatic rings. The van der Waals surface area contributed by atoms with E-state index in [1.807, 2.05) is 22.6 Å². The van der Waals surface area contributed by atoms with Crippen LogP contribution in [0, 0.1) is 0 Å². The van der Waals surface area contributed by atoms with E-state index in [1.165, 1.54) is 12.8 Å². The zero-order valence-electron chi connectivity index (χ0n) is 10.00. The molecule has 1 N–H and O–H groups in total. The minimum absolute atomic E-state index is 0.382. The molecule has 0 aromatic carbocycles. The lowest BCUT2D eigenvalue weighted by atomic mass is 10.0. The minimum atomic E-state index is 0.382. The third-order valence-electron chi connectivity index (χ3n) is 3.51. The van der Waals surface area contributed by atoms with Gasteiger partial charge in [0.15, 0.2) is 5.15 Å². The van der Waals surface area contributed by atoms with Gasteiger partial charge in [-0.1, -0.05) is 35.7 Å². The molecule has 0 bridgehead atoms. The van der Waals surface area contributed by atoms with Gasteiger partial charge in [0.1, 0.15) is 11.0 Å². The van der Waals surface area contributed by atoms with Crippen LogP contribution in [0.5, 0.6) is 0 Å². The summed E-state index contributed by atoms with van der Waals surface area (Å²) in [6.45, 7) is 2.03. The molecule has 18 heavy (non-hydrogen) atoms. The zero-order valence-corrected chi connectivity index (χ0v) is 11.5. The normalized spacial score (nSPS) is 21.1. The first-order valence-electron chi connectivity index (χ1n) is 6.30. The molecule has 3 rings (SSSR count). The number of pyridine rings is 1. The molecule has 3 nitrogen and oxygen atoms in total. The van der Waals surface area contributed by atoms with Crippen LogP contribution >= 0.6 is 23.2 Å². The standard InChI is InChI=1S/C13H15Cl2N3/c14-11-6-3-5-10-12(15)17-13(18(10)11)9-4-1-2-7-16-8-9/h3,5-6,9,16H,1-2,4,7-8H2. The number of rotatable bonds is 1. The van der Waals surface area contributed by atoms with Gasteiger partial charge in [-0.3, -0.25) is 4.40 Å². The summed E-state index contributed by atoms with van der Waals surface area (Å²) in [5.41, 5.74) is 0.892. The second kappa shape index (κ2) is 5.08. The quantitative estimate of drug-likeness (QED) is 0.812. The maximum atomic E-state index is 6.28. The fourth-order valence-corrected chi connectivity index (χ4v) is 3.08. The summed E-state index contributed by atoms with van der Waals surface area (Å²) in [5, 5.41) is 4.66. The molecule has 0 radical (unpaired) electrons. The highest BCUT2D eigenvalue weighted by Crippen LogP contribution is 2.29. The van der Waals surface area contributed by atoms with Crippen molar-refractivity contribution in [1.29, 1.82) is 0 Å². The van der Waals surface area contributed by atoms with Gasteiger partial charge >= 0.3 is 0 Å². The van der Waals surface area contributed by atoms with Crippen molar-refractivity contribution < 1.29 is 0 Å². The Bertz CT molecular complexity index is 557. The van der Waals surface area contributed by atoms with Gasteiger partial charge in [-0.25, -0.2) is 4.98 Å². The highest BCUT2D eigenvalue weighted by atomic mass is 35.5. The predicted octanol–water partition coefficient (Wildman–Crippen LogP) is 3.50. The maximum absolute atomic E-state index is 6.28. The van der Waals surface area contributed by atoms with Crippen molar-refractivity contribution >= 4 is 28.7 Å². The van der Waals surface area contributed by atoms with E-state index >= 15 is 0 Å². The van der Waals surface area contributed by atoms with Crippen LogP contribution in [0.3, 0.4) is 0 Å². The molecule has 0 aliphatic carbocycles. The molecule has 2 aromatic heterocycles. The molecular formula is C13H15Cl2N3. The van der Waals surface area contributed by atoms with E-state index in [0.29, 0.717) is 16.2 Å². The summed E-state index contributed by atoms with van der Waals surface area (Å²) in [7, 11) is 0. The second-order valence-electron chi connectivity index (χ2n) is 4.73. The summed E-state index contributed by atoms with van der Waals surface area (Å²) in [6, 6.07) is 5.73. The number of nitrogens with zero attached hydrogens (tertiary/aromatic N) is 2. The van der Waals surface area contributed by atoms with E-state index in [1.54, 1.807) is 0 Å². The van der Waals surface area contributed by atoms with Gasteiger partial charge in [-0.2, -0.15) is 0 Å². The van der Waals surface area contributed by atoms with Gasteiger partial charge in [0.05, 0.1) is 5.52 Å². The smallest absolute Gasteiger partial charge is 0.155 e. The van der Waals surface area contributed by atoms with Crippen molar-refractivity contribution in [3.63, 3.8) is 0 Å². The predicted molar refractivity (Wildman–Crippen MR) is 74.7 cm³/mol. The topological polar surface area (TPSA) is 29.3 Å². The van der Waals surface area contributed by atoms with Gasteiger partial charge in [0.25, 0.3) is 0 Å². The second-order valence-corrected chi connectivity index (χ2v) is 5.47. The Kier molecular flexibility index (Phi) is 3.46. The number of aromatic nitrogens is 2. The Balaban J connectivity index is 2.10. The number of fused-ring (bicyclic) bond motifs is 1. The van der Waals surface area contributed by atoms with Crippen molar-refractivity contribution in [2.75, 3.05) is 13.1 Å². The first-order chi connectivity index (χ1) is 8.77. The largest absolute Gasteiger partial charge is 0.316 e. The minimum Gasteiger partial charge on any atom is -0.316 e. The lowest BCUT2D eigenvalue weighted by Crippen LogP contribution is -2.20. The van der Waals surface area contributed by atoms with Crippen LogP contribution in [-0.2, 0) is 0 Å². The average Bonchev–Trinajstić information content (AvgIpc) is 2.56. The van der Waals surface area contributed by atoms with E-state index in [2.05, 4.69) is 10.3 Å². The maximum Gasteiger partial charge on any atom is 0.155 e. The van der Waals surface area contributed by atoms with Gasteiger partial charge in [-0.05, 0) is 31.5 Å². The lowest BCUT2D eigenvalue weighted by Gasteiger charge is -2.13. The Hall–Kier alpha value is -0.770. The van der Waals surface area contributed by atoms with Gasteiger partial charge < -0.3 is 5.32 Å². The van der Waals surface area contributed by atoms with Crippen LogP contribution in [0.1, 0.15) is 31.0 Å². The molecule has 1 fully saturated rings. The number of halogens is 2. The number of hydrogen-bond acceptors (Lipinski definition) is 2. The van der Waals surface area contributed by atoms with Crippen molar-refractivity contribution in [1.82, 2.24) is 14.7 Å². The lowest BCUT2D eigenvalue weighted by molar-refractivity contribution is 0.576. The van der Waals surface area contributed by atoms with Gasteiger partial charge in [0, 0.05) is 12.5 Å². The highest BCUT2D eigenvalue weighted by molar-refractivity contribution is 6.33. The summed E-state index contributed by atoms with van der Waals surface area (Å²) >= 11 is 12.5. The molecule has 0 amide bonds. The third kappa shape index (κ3) is 2.11. The van der Waals surface area contributed by atoms with E-state index in [9.17, 15) is 0 Å². The molecule has 1 atom stereocenters. The van der Waals surface area contributed by atoms with E-state index in [0.717, 1.165) is 30.9 Å². The summed E-state index contributed by atoms with van der Waals surface area (Å²) < 4.78 is 1.97. The Morgan fingerprint density at radius 2 is 2.17 bits per heavy atom. The SMILES string of the molecule is Clc1nc(C2CCCCNC2)n2c(Cl)cccc12. The average molecular weight is 284 g/mol. The molecular weight excluding hydrogens is 269 g/mol. The summed E-state index contributed by atoms with van der Waals surface area (Å²) in [6.07, 6.45) is 3.57. The molecule has 0 saturated carbocycles. The van der Waals surface area contributed by atoms with E-state index < -0.39 is 0 Å². The Morgan fingerprint density at radius 3 is 3.06 bits per heavy atom. The van der Waals surface area contributed by atoms with Crippen molar-refractivity contribution in [3.8, 4) is 0 Å². The first-order valence-corrected chi connectivity index (χ1v) is 7.06. The molecule has 0 spiro atoms. The van der Waals surface area contributed by atoms with Crippen molar-refractivity contribution in [2.24, 2.45) is 0 Å². The molecule has 3 heterocycles. The van der Waals surface area contributed by atoms with Crippen LogP contribution in [0.25, 0.3) is 5.52 Å². The molecule has 96 valence electrons. The molecule has 1 aliphatic heterocycles. The van der Waals surface area contributed by atoms with Crippen LogP contribution in [0.2, 0.25) is 10.3 Å². The Labute approximate surface area is 116 Å². The highest BCUT2D eigenvalue weighted by Gasteiger charge is 2.21. The number of hydrogen-bond donors (Lipinski definition) is 1. The van der Waals surface area contributed by atoms with Crippen molar-refractivity contribution in [3.05, 3.63) is 34.3 Å².